The summed E-state index contributed by atoms with van der Waals surface area (Å²) in [5, 5.41) is 4.86. The van der Waals surface area contributed by atoms with E-state index < -0.39 is 0 Å². The lowest BCUT2D eigenvalue weighted by Crippen LogP contribution is -1.99. The van der Waals surface area contributed by atoms with Crippen LogP contribution in [-0.4, -0.2) is 15.5 Å². The summed E-state index contributed by atoms with van der Waals surface area (Å²) in [6.45, 7) is 0. The Hall–Kier alpha value is -1.13. The fourth-order valence-corrected chi connectivity index (χ4v) is 2.79. The number of nitrogens with two attached hydrogens (primary N) is 1. The Morgan fingerprint density at radius 3 is 2.88 bits per heavy atom. The largest absolute Gasteiger partial charge is 0.399 e. The van der Waals surface area contributed by atoms with Gasteiger partial charge in [0.15, 0.2) is 0 Å². The minimum absolute atomic E-state index is 0.700. The van der Waals surface area contributed by atoms with Crippen LogP contribution in [0.25, 0.3) is 0 Å². The van der Waals surface area contributed by atoms with Crippen LogP contribution in [0.4, 0.5) is 5.69 Å². The molecule has 0 unspecified atom stereocenters. The van der Waals surface area contributed by atoms with E-state index >= 15 is 0 Å². The van der Waals surface area contributed by atoms with Gasteiger partial charge < -0.3 is 5.73 Å². The van der Waals surface area contributed by atoms with E-state index in [0.29, 0.717) is 5.69 Å². The Morgan fingerprint density at radius 1 is 1.41 bits per heavy atom. The summed E-state index contributed by atoms with van der Waals surface area (Å²) >= 11 is 7.84. The molecule has 3 nitrogen and oxygen atoms in total. The predicted molar refractivity (Wildman–Crippen MR) is 73.5 cm³/mol. The van der Waals surface area contributed by atoms with Gasteiger partial charge in [-0.2, -0.15) is 5.10 Å². The van der Waals surface area contributed by atoms with Crippen LogP contribution in [0.5, 0.6) is 0 Å². The fourth-order valence-electron chi connectivity index (χ4n) is 1.55. The topological polar surface area (TPSA) is 43.8 Å². The Balaban J connectivity index is 1.92. The smallest absolute Gasteiger partial charge is 0.0562 e. The summed E-state index contributed by atoms with van der Waals surface area (Å²) in [4.78, 5) is 1.07. The number of halogens is 1. The number of aryl methyl sites for hydroxylation is 2. The van der Waals surface area contributed by atoms with Crippen LogP contribution in [-0.2, 0) is 13.5 Å². The molecule has 0 saturated carbocycles. The minimum atomic E-state index is 0.700. The summed E-state index contributed by atoms with van der Waals surface area (Å²) in [5.41, 5.74) is 7.57. The number of nitrogen functional groups attached to an aromatic ring is 1. The highest BCUT2D eigenvalue weighted by atomic mass is 35.5. The van der Waals surface area contributed by atoms with E-state index in [-0.39, 0.29) is 0 Å². The van der Waals surface area contributed by atoms with Crippen molar-refractivity contribution in [2.24, 2.45) is 7.05 Å². The molecule has 2 N–H and O–H groups in total. The van der Waals surface area contributed by atoms with Crippen molar-refractivity contribution in [3.05, 3.63) is 41.2 Å². The van der Waals surface area contributed by atoms with Crippen molar-refractivity contribution in [1.29, 1.82) is 0 Å². The standard InChI is InChI=1S/C12H14ClN3S/c1-16-10(4-6-15-16)5-7-17-12-3-2-9(14)8-11(12)13/h2-4,6,8H,5,7,14H2,1H3. The van der Waals surface area contributed by atoms with Crippen molar-refractivity contribution in [3.63, 3.8) is 0 Å². The van der Waals surface area contributed by atoms with E-state index in [4.69, 9.17) is 17.3 Å². The number of rotatable bonds is 4. The monoisotopic (exact) mass is 267 g/mol. The van der Waals surface area contributed by atoms with E-state index in [2.05, 4.69) is 5.10 Å². The molecule has 0 aliphatic carbocycles. The van der Waals surface area contributed by atoms with Crippen LogP contribution in [0.15, 0.2) is 35.4 Å². The minimum Gasteiger partial charge on any atom is -0.399 e. The number of hydrogen-bond acceptors (Lipinski definition) is 3. The zero-order chi connectivity index (χ0) is 12.3. The average Bonchev–Trinajstić information content (AvgIpc) is 2.68. The average molecular weight is 268 g/mol. The fraction of sp³-hybridized carbons (Fsp3) is 0.250. The van der Waals surface area contributed by atoms with E-state index in [1.54, 1.807) is 17.8 Å². The van der Waals surface area contributed by atoms with Gasteiger partial charge in [-0.15, -0.1) is 11.8 Å². The van der Waals surface area contributed by atoms with Crippen LogP contribution in [0.1, 0.15) is 5.69 Å². The molecule has 1 aromatic heterocycles. The van der Waals surface area contributed by atoms with Crippen molar-refractivity contribution in [1.82, 2.24) is 9.78 Å². The van der Waals surface area contributed by atoms with Gasteiger partial charge in [0.2, 0.25) is 0 Å². The van der Waals surface area contributed by atoms with Crippen molar-refractivity contribution < 1.29 is 0 Å². The first-order valence-electron chi connectivity index (χ1n) is 5.31. The zero-order valence-electron chi connectivity index (χ0n) is 9.56. The van der Waals surface area contributed by atoms with Crippen LogP contribution < -0.4 is 5.73 Å². The maximum atomic E-state index is 6.10. The van der Waals surface area contributed by atoms with Crippen LogP contribution in [0.2, 0.25) is 5.02 Å². The van der Waals surface area contributed by atoms with Crippen molar-refractivity contribution >= 4 is 29.1 Å². The summed E-state index contributed by atoms with van der Waals surface area (Å²) in [5.74, 6) is 0.975. The van der Waals surface area contributed by atoms with Gasteiger partial charge in [-0.3, -0.25) is 4.68 Å². The normalized spacial score (nSPS) is 10.7. The van der Waals surface area contributed by atoms with Crippen LogP contribution in [0.3, 0.4) is 0 Å². The Morgan fingerprint density at radius 2 is 2.24 bits per heavy atom. The SMILES string of the molecule is Cn1nccc1CCSc1ccc(N)cc1Cl. The maximum Gasteiger partial charge on any atom is 0.0562 e. The maximum absolute atomic E-state index is 6.10. The first kappa shape index (κ1) is 12.3. The van der Waals surface area contributed by atoms with Gasteiger partial charge in [0.25, 0.3) is 0 Å². The molecule has 0 radical (unpaired) electrons. The molecule has 2 aromatic rings. The highest BCUT2D eigenvalue weighted by Gasteiger charge is 2.03. The number of hydrogen-bond donors (Lipinski definition) is 1. The lowest BCUT2D eigenvalue weighted by molar-refractivity contribution is 0.720. The molecule has 2 rings (SSSR count). The predicted octanol–water partition coefficient (Wildman–Crippen LogP) is 2.99. The molecular weight excluding hydrogens is 254 g/mol. The molecule has 90 valence electrons. The van der Waals surface area contributed by atoms with Crippen LogP contribution >= 0.6 is 23.4 Å². The summed E-state index contributed by atoms with van der Waals surface area (Å²) in [7, 11) is 1.95. The second kappa shape index (κ2) is 5.47. The molecule has 0 atom stereocenters. The van der Waals surface area contributed by atoms with Crippen molar-refractivity contribution in [2.45, 2.75) is 11.3 Å². The Bertz CT molecular complexity index is 510. The molecule has 0 saturated heterocycles. The van der Waals surface area contributed by atoms with Gasteiger partial charge in [0.1, 0.15) is 0 Å². The summed E-state index contributed by atoms with van der Waals surface area (Å²) in [6, 6.07) is 7.66. The van der Waals surface area contributed by atoms with Crippen molar-refractivity contribution in [3.8, 4) is 0 Å². The molecule has 1 heterocycles. The summed E-state index contributed by atoms with van der Waals surface area (Å²) in [6.07, 6.45) is 2.79. The number of aromatic nitrogens is 2. The lowest BCUT2D eigenvalue weighted by Gasteiger charge is -2.05. The molecule has 1 aromatic carbocycles. The van der Waals surface area contributed by atoms with E-state index in [9.17, 15) is 0 Å². The molecule has 17 heavy (non-hydrogen) atoms. The van der Waals surface area contributed by atoms with Gasteiger partial charge in [-0.05, 0) is 30.7 Å². The van der Waals surface area contributed by atoms with Crippen LogP contribution in [0, 0.1) is 0 Å². The van der Waals surface area contributed by atoms with E-state index in [0.717, 1.165) is 22.1 Å². The van der Waals surface area contributed by atoms with E-state index in [1.807, 2.05) is 36.1 Å². The zero-order valence-corrected chi connectivity index (χ0v) is 11.1. The van der Waals surface area contributed by atoms with Gasteiger partial charge >= 0.3 is 0 Å². The molecule has 0 aliphatic rings. The Kier molecular flexibility index (Phi) is 3.97. The second-order valence-electron chi connectivity index (χ2n) is 3.73. The molecule has 0 spiro atoms. The lowest BCUT2D eigenvalue weighted by atomic mass is 10.3. The highest BCUT2D eigenvalue weighted by molar-refractivity contribution is 7.99. The molecule has 0 aliphatic heterocycles. The molecule has 0 amide bonds. The number of thioether (sulfide) groups is 1. The highest BCUT2D eigenvalue weighted by Crippen LogP contribution is 2.29. The second-order valence-corrected chi connectivity index (χ2v) is 5.28. The van der Waals surface area contributed by atoms with E-state index in [1.165, 1.54) is 5.69 Å². The number of anilines is 1. The first-order valence-corrected chi connectivity index (χ1v) is 6.68. The van der Waals surface area contributed by atoms with Gasteiger partial charge in [0.05, 0.1) is 5.02 Å². The number of nitrogens with zero attached hydrogens (tertiary/aromatic N) is 2. The first-order chi connectivity index (χ1) is 8.16. The molecule has 0 fully saturated rings. The third-order valence-electron chi connectivity index (χ3n) is 2.49. The summed E-state index contributed by atoms with van der Waals surface area (Å²) < 4.78 is 1.89. The van der Waals surface area contributed by atoms with Gasteiger partial charge in [-0.1, -0.05) is 11.6 Å². The molecule has 5 heteroatoms. The number of benzene rings is 1. The third kappa shape index (κ3) is 3.17. The molecular formula is C12H14ClN3S. The van der Waals surface area contributed by atoms with Gasteiger partial charge in [0, 0.05) is 35.3 Å². The third-order valence-corrected chi connectivity index (χ3v) is 3.99. The van der Waals surface area contributed by atoms with Crippen molar-refractivity contribution in [2.75, 3.05) is 11.5 Å². The Labute approximate surface area is 110 Å². The quantitative estimate of drug-likeness (QED) is 0.684. The van der Waals surface area contributed by atoms with Gasteiger partial charge in [-0.25, -0.2) is 0 Å². The molecule has 0 bridgehead atoms.